The quantitative estimate of drug-likeness (QED) is 0.819. The van der Waals surface area contributed by atoms with Crippen LogP contribution in [-0.4, -0.2) is 27.1 Å². The van der Waals surface area contributed by atoms with Crippen LogP contribution in [-0.2, 0) is 0 Å². The Kier molecular flexibility index (Phi) is 6.00. The molecule has 0 aliphatic rings. The number of halogens is 2. The second-order valence-electron chi connectivity index (χ2n) is 6.91. The SMILES string of the molecule is Cc1nccc(-c2ccc(OCC(C)(N)CC(C)C)c(C(F)F)n2)n1. The minimum atomic E-state index is -2.76. The molecule has 5 nitrogen and oxygen atoms in total. The molecule has 0 amide bonds. The zero-order valence-corrected chi connectivity index (χ0v) is 15.0. The first-order chi connectivity index (χ1) is 11.7. The Morgan fingerprint density at radius 3 is 2.44 bits per heavy atom. The molecule has 2 aromatic rings. The van der Waals surface area contributed by atoms with Gasteiger partial charge in [0.25, 0.3) is 6.43 Å². The van der Waals surface area contributed by atoms with Gasteiger partial charge in [0.05, 0.1) is 11.4 Å². The standard InChI is InChI=1S/C18H24F2N4O/c1-11(2)9-18(4,21)10-25-15-6-5-13(24-16(15)17(19)20)14-7-8-22-12(3)23-14/h5-8,11,17H,9-10,21H2,1-4H3. The van der Waals surface area contributed by atoms with Crippen LogP contribution in [0.2, 0.25) is 0 Å². The maximum atomic E-state index is 13.4. The Balaban J connectivity index is 2.25. The van der Waals surface area contributed by atoms with Crippen LogP contribution in [0.15, 0.2) is 24.4 Å². The third-order valence-electron chi connectivity index (χ3n) is 3.56. The number of nitrogens with two attached hydrogens (primary N) is 1. The fraction of sp³-hybridized carbons (Fsp3) is 0.500. The minimum Gasteiger partial charge on any atom is -0.490 e. The van der Waals surface area contributed by atoms with E-state index in [1.807, 2.05) is 6.92 Å². The maximum Gasteiger partial charge on any atom is 0.284 e. The summed E-state index contributed by atoms with van der Waals surface area (Å²) in [5.41, 5.74) is 6.01. The molecule has 2 N–H and O–H groups in total. The molecular formula is C18H24F2N4O. The van der Waals surface area contributed by atoms with E-state index >= 15 is 0 Å². The molecule has 0 radical (unpaired) electrons. The van der Waals surface area contributed by atoms with Gasteiger partial charge in [-0.25, -0.2) is 23.7 Å². The molecule has 2 aromatic heterocycles. The van der Waals surface area contributed by atoms with Crippen molar-refractivity contribution in [2.45, 2.75) is 46.1 Å². The molecule has 1 unspecified atom stereocenters. The highest BCUT2D eigenvalue weighted by Crippen LogP contribution is 2.30. The summed E-state index contributed by atoms with van der Waals surface area (Å²) in [5, 5.41) is 0. The second kappa shape index (κ2) is 7.82. The van der Waals surface area contributed by atoms with Crippen molar-refractivity contribution in [3.05, 3.63) is 35.9 Å². The molecule has 2 rings (SSSR count). The van der Waals surface area contributed by atoms with E-state index in [9.17, 15) is 8.78 Å². The highest BCUT2D eigenvalue weighted by Gasteiger charge is 2.24. The fourth-order valence-electron chi connectivity index (χ4n) is 2.72. The number of ether oxygens (including phenoxy) is 1. The van der Waals surface area contributed by atoms with Gasteiger partial charge in [0.2, 0.25) is 0 Å². The lowest BCUT2D eigenvalue weighted by molar-refractivity contribution is 0.134. The number of alkyl halides is 2. The van der Waals surface area contributed by atoms with E-state index in [-0.39, 0.29) is 12.4 Å². The molecule has 136 valence electrons. The van der Waals surface area contributed by atoms with Gasteiger partial charge in [-0.05, 0) is 44.4 Å². The number of aryl methyl sites for hydroxylation is 1. The molecular weight excluding hydrogens is 326 g/mol. The number of rotatable bonds is 7. The Bertz CT molecular complexity index is 720. The van der Waals surface area contributed by atoms with Crippen molar-refractivity contribution in [1.82, 2.24) is 15.0 Å². The van der Waals surface area contributed by atoms with E-state index in [1.165, 1.54) is 6.07 Å². The van der Waals surface area contributed by atoms with E-state index in [4.69, 9.17) is 10.5 Å². The van der Waals surface area contributed by atoms with Crippen molar-refractivity contribution in [2.24, 2.45) is 11.7 Å². The zero-order chi connectivity index (χ0) is 18.6. The zero-order valence-electron chi connectivity index (χ0n) is 15.0. The molecule has 0 aliphatic carbocycles. The predicted molar refractivity (Wildman–Crippen MR) is 92.5 cm³/mol. The molecule has 0 fully saturated rings. The maximum absolute atomic E-state index is 13.4. The summed E-state index contributed by atoms with van der Waals surface area (Å²) >= 11 is 0. The van der Waals surface area contributed by atoms with Crippen LogP contribution in [0.1, 0.15) is 45.1 Å². The molecule has 1 atom stereocenters. The Labute approximate surface area is 146 Å². The van der Waals surface area contributed by atoms with E-state index < -0.39 is 17.7 Å². The summed E-state index contributed by atoms with van der Waals surface area (Å²) in [6.45, 7) is 7.82. The van der Waals surface area contributed by atoms with Crippen LogP contribution in [0.4, 0.5) is 8.78 Å². The van der Waals surface area contributed by atoms with Crippen molar-refractivity contribution in [3.8, 4) is 17.1 Å². The molecule has 0 saturated heterocycles. The lowest BCUT2D eigenvalue weighted by Crippen LogP contribution is -2.43. The van der Waals surface area contributed by atoms with Gasteiger partial charge in [-0.1, -0.05) is 13.8 Å². The molecule has 0 aliphatic heterocycles. The van der Waals surface area contributed by atoms with Gasteiger partial charge < -0.3 is 10.5 Å². The number of aromatic nitrogens is 3. The smallest absolute Gasteiger partial charge is 0.284 e. The average Bonchev–Trinajstić information content (AvgIpc) is 2.51. The van der Waals surface area contributed by atoms with Gasteiger partial charge in [0.15, 0.2) is 0 Å². The van der Waals surface area contributed by atoms with Crippen LogP contribution >= 0.6 is 0 Å². The summed E-state index contributed by atoms with van der Waals surface area (Å²) < 4.78 is 32.4. The topological polar surface area (TPSA) is 73.9 Å². The van der Waals surface area contributed by atoms with E-state index in [1.54, 1.807) is 25.3 Å². The summed E-state index contributed by atoms with van der Waals surface area (Å²) in [6, 6.07) is 4.73. The molecule has 0 saturated carbocycles. The highest BCUT2D eigenvalue weighted by atomic mass is 19.3. The van der Waals surface area contributed by atoms with Gasteiger partial charge in [-0.2, -0.15) is 0 Å². The van der Waals surface area contributed by atoms with Crippen molar-refractivity contribution >= 4 is 0 Å². The van der Waals surface area contributed by atoms with Crippen LogP contribution in [0.3, 0.4) is 0 Å². The Morgan fingerprint density at radius 2 is 1.84 bits per heavy atom. The van der Waals surface area contributed by atoms with E-state index in [0.717, 1.165) is 6.42 Å². The first-order valence-electron chi connectivity index (χ1n) is 8.19. The van der Waals surface area contributed by atoms with Crippen molar-refractivity contribution in [3.63, 3.8) is 0 Å². The molecule has 0 bridgehead atoms. The number of hydrogen-bond acceptors (Lipinski definition) is 5. The van der Waals surface area contributed by atoms with Gasteiger partial charge in [-0.15, -0.1) is 0 Å². The third kappa shape index (κ3) is 5.42. The van der Waals surface area contributed by atoms with Gasteiger partial charge >= 0.3 is 0 Å². The lowest BCUT2D eigenvalue weighted by Gasteiger charge is -2.27. The molecule has 0 aromatic carbocycles. The molecule has 0 spiro atoms. The van der Waals surface area contributed by atoms with E-state index in [2.05, 4.69) is 28.8 Å². The Hall–Kier alpha value is -2.15. The van der Waals surface area contributed by atoms with Gasteiger partial charge in [0.1, 0.15) is 23.9 Å². The Morgan fingerprint density at radius 1 is 1.16 bits per heavy atom. The number of pyridine rings is 1. The summed E-state index contributed by atoms with van der Waals surface area (Å²) in [6.07, 6.45) is -0.465. The van der Waals surface area contributed by atoms with Crippen LogP contribution < -0.4 is 10.5 Å². The van der Waals surface area contributed by atoms with Crippen molar-refractivity contribution in [1.29, 1.82) is 0 Å². The highest BCUT2D eigenvalue weighted by molar-refractivity contribution is 5.55. The monoisotopic (exact) mass is 350 g/mol. The van der Waals surface area contributed by atoms with Crippen LogP contribution in [0, 0.1) is 12.8 Å². The first kappa shape index (κ1) is 19.2. The lowest BCUT2D eigenvalue weighted by atomic mass is 9.93. The van der Waals surface area contributed by atoms with Gasteiger partial charge in [0, 0.05) is 11.7 Å². The normalized spacial score (nSPS) is 14.0. The summed E-state index contributed by atoms with van der Waals surface area (Å²) in [4.78, 5) is 12.2. The average molecular weight is 350 g/mol. The third-order valence-corrected chi connectivity index (χ3v) is 3.56. The fourth-order valence-corrected chi connectivity index (χ4v) is 2.72. The summed E-state index contributed by atoms with van der Waals surface area (Å²) in [5.74, 6) is 0.977. The van der Waals surface area contributed by atoms with Crippen LogP contribution in [0.5, 0.6) is 5.75 Å². The number of hydrogen-bond donors (Lipinski definition) is 1. The van der Waals surface area contributed by atoms with Crippen molar-refractivity contribution < 1.29 is 13.5 Å². The van der Waals surface area contributed by atoms with Gasteiger partial charge in [-0.3, -0.25) is 0 Å². The summed E-state index contributed by atoms with van der Waals surface area (Å²) in [7, 11) is 0. The number of nitrogens with zero attached hydrogens (tertiary/aromatic N) is 3. The van der Waals surface area contributed by atoms with Crippen molar-refractivity contribution in [2.75, 3.05) is 6.61 Å². The first-order valence-corrected chi connectivity index (χ1v) is 8.19. The molecule has 7 heteroatoms. The predicted octanol–water partition coefficient (Wildman–Crippen LogP) is 3.93. The second-order valence-corrected chi connectivity index (χ2v) is 6.91. The van der Waals surface area contributed by atoms with E-state index in [0.29, 0.717) is 23.1 Å². The minimum absolute atomic E-state index is 0.0463. The largest absolute Gasteiger partial charge is 0.490 e. The molecule has 25 heavy (non-hydrogen) atoms. The molecule has 2 heterocycles. The van der Waals surface area contributed by atoms with Crippen LogP contribution in [0.25, 0.3) is 11.4 Å².